The van der Waals surface area contributed by atoms with Crippen molar-refractivity contribution in [2.45, 2.75) is 13.3 Å². The molecule has 3 rings (SSSR count). The second-order valence-corrected chi connectivity index (χ2v) is 5.10. The van der Waals surface area contributed by atoms with Crippen LogP contribution in [0.4, 0.5) is 0 Å². The van der Waals surface area contributed by atoms with Gasteiger partial charge in [0.15, 0.2) is 0 Å². The first-order chi connectivity index (χ1) is 9.67. The Bertz CT molecular complexity index is 719. The summed E-state index contributed by atoms with van der Waals surface area (Å²) in [5.41, 5.74) is 7.86. The topological polar surface area (TPSA) is 60.0 Å². The van der Waals surface area contributed by atoms with Crippen LogP contribution in [0.25, 0.3) is 10.8 Å². The number of methoxy groups -OCH3 is 1. The largest absolute Gasteiger partial charge is 0.497 e. The van der Waals surface area contributed by atoms with E-state index in [1.807, 2.05) is 12.1 Å². The standard InChI is InChI=1S/C16H17N3O/c1-10-7-15(18-19-16(10)17)13-4-3-12-9-14(20-2)6-5-11(12)8-13/h3-6,8-10H,7H2,1-2H3,(H2,17,19). The first kappa shape index (κ1) is 12.7. The molecule has 0 saturated carbocycles. The highest BCUT2D eigenvalue weighted by molar-refractivity contribution is 6.06. The molecule has 102 valence electrons. The first-order valence-corrected chi connectivity index (χ1v) is 6.65. The number of nitrogens with two attached hydrogens (primary N) is 1. The molecule has 0 radical (unpaired) electrons. The van der Waals surface area contributed by atoms with E-state index >= 15 is 0 Å². The van der Waals surface area contributed by atoms with E-state index in [0.717, 1.165) is 28.8 Å². The number of hydrogen-bond acceptors (Lipinski definition) is 4. The zero-order valence-electron chi connectivity index (χ0n) is 11.6. The van der Waals surface area contributed by atoms with E-state index in [-0.39, 0.29) is 5.92 Å². The SMILES string of the molecule is COc1ccc2cc(C3=NN=C(N)C(C)C3)ccc2c1. The molecule has 0 spiro atoms. The van der Waals surface area contributed by atoms with Crippen LogP contribution in [0.1, 0.15) is 18.9 Å². The van der Waals surface area contributed by atoms with E-state index in [1.54, 1.807) is 7.11 Å². The van der Waals surface area contributed by atoms with Crippen molar-refractivity contribution in [2.75, 3.05) is 7.11 Å². The third-order valence-corrected chi connectivity index (χ3v) is 3.67. The normalized spacial score (nSPS) is 18.6. The Labute approximate surface area is 118 Å². The first-order valence-electron chi connectivity index (χ1n) is 6.65. The van der Waals surface area contributed by atoms with E-state index in [9.17, 15) is 0 Å². The van der Waals surface area contributed by atoms with Gasteiger partial charge in [-0.05, 0) is 34.5 Å². The molecule has 1 aliphatic heterocycles. The van der Waals surface area contributed by atoms with E-state index < -0.39 is 0 Å². The molecule has 0 fully saturated rings. The molecule has 0 amide bonds. The van der Waals surface area contributed by atoms with Crippen LogP contribution in [0.2, 0.25) is 0 Å². The summed E-state index contributed by atoms with van der Waals surface area (Å²) < 4.78 is 5.24. The fraction of sp³-hybridized carbons (Fsp3) is 0.250. The molecule has 0 aliphatic carbocycles. The van der Waals surface area contributed by atoms with Crippen LogP contribution in [0, 0.1) is 5.92 Å². The molecule has 4 nitrogen and oxygen atoms in total. The number of rotatable bonds is 2. The van der Waals surface area contributed by atoms with E-state index in [4.69, 9.17) is 10.5 Å². The summed E-state index contributed by atoms with van der Waals surface area (Å²) in [6, 6.07) is 12.3. The van der Waals surface area contributed by atoms with Crippen LogP contribution in [0.15, 0.2) is 46.6 Å². The molecule has 4 heteroatoms. The van der Waals surface area contributed by atoms with Gasteiger partial charge in [-0.15, -0.1) is 5.10 Å². The van der Waals surface area contributed by atoms with Crippen molar-refractivity contribution >= 4 is 22.3 Å². The van der Waals surface area contributed by atoms with Gasteiger partial charge in [-0.3, -0.25) is 0 Å². The van der Waals surface area contributed by atoms with E-state index in [1.165, 1.54) is 5.39 Å². The number of benzene rings is 2. The highest BCUT2D eigenvalue weighted by atomic mass is 16.5. The van der Waals surface area contributed by atoms with Crippen LogP contribution in [0.3, 0.4) is 0 Å². The number of ether oxygens (including phenoxy) is 1. The van der Waals surface area contributed by atoms with E-state index in [2.05, 4.69) is 41.4 Å². The van der Waals surface area contributed by atoms with Gasteiger partial charge >= 0.3 is 0 Å². The lowest BCUT2D eigenvalue weighted by Gasteiger charge is -2.16. The average molecular weight is 267 g/mol. The Morgan fingerprint density at radius 1 is 1.10 bits per heavy atom. The number of nitrogens with zero attached hydrogens (tertiary/aromatic N) is 2. The molecule has 1 atom stereocenters. The summed E-state index contributed by atoms with van der Waals surface area (Å²) in [7, 11) is 1.68. The number of fused-ring (bicyclic) bond motifs is 1. The molecule has 2 N–H and O–H groups in total. The maximum absolute atomic E-state index is 5.77. The quantitative estimate of drug-likeness (QED) is 0.909. The monoisotopic (exact) mass is 267 g/mol. The van der Waals surface area contributed by atoms with Crippen molar-refractivity contribution in [3.8, 4) is 5.75 Å². The Morgan fingerprint density at radius 2 is 1.85 bits per heavy atom. The summed E-state index contributed by atoms with van der Waals surface area (Å²) in [4.78, 5) is 0. The van der Waals surface area contributed by atoms with Gasteiger partial charge in [0, 0.05) is 12.3 Å². The lowest BCUT2D eigenvalue weighted by atomic mass is 9.95. The zero-order chi connectivity index (χ0) is 14.1. The highest BCUT2D eigenvalue weighted by Crippen LogP contribution is 2.24. The van der Waals surface area contributed by atoms with Crippen molar-refractivity contribution < 1.29 is 4.74 Å². The minimum absolute atomic E-state index is 0.245. The third kappa shape index (κ3) is 2.25. The zero-order valence-corrected chi connectivity index (χ0v) is 11.6. The molecule has 1 aliphatic rings. The fourth-order valence-corrected chi connectivity index (χ4v) is 2.36. The molecule has 2 aromatic carbocycles. The van der Waals surface area contributed by atoms with Crippen molar-refractivity contribution in [1.29, 1.82) is 0 Å². The molecular weight excluding hydrogens is 250 g/mol. The van der Waals surface area contributed by atoms with Crippen LogP contribution in [0.5, 0.6) is 5.75 Å². The van der Waals surface area contributed by atoms with Gasteiger partial charge in [-0.1, -0.05) is 25.1 Å². The summed E-state index contributed by atoms with van der Waals surface area (Å²) in [6.45, 7) is 2.07. The molecule has 0 aromatic heterocycles. The van der Waals surface area contributed by atoms with Crippen molar-refractivity contribution in [1.82, 2.24) is 0 Å². The van der Waals surface area contributed by atoms with E-state index in [0.29, 0.717) is 5.84 Å². The highest BCUT2D eigenvalue weighted by Gasteiger charge is 2.17. The molecule has 0 saturated heterocycles. The Hall–Kier alpha value is -2.36. The summed E-state index contributed by atoms with van der Waals surface area (Å²) in [5, 5.41) is 10.6. The lowest BCUT2D eigenvalue weighted by Crippen LogP contribution is -2.26. The van der Waals surface area contributed by atoms with Gasteiger partial charge in [0.1, 0.15) is 11.6 Å². The summed E-state index contributed by atoms with van der Waals surface area (Å²) >= 11 is 0. The minimum Gasteiger partial charge on any atom is -0.497 e. The maximum atomic E-state index is 5.77. The Balaban J connectivity index is 2.02. The smallest absolute Gasteiger partial charge is 0.125 e. The van der Waals surface area contributed by atoms with Crippen molar-refractivity contribution in [3.05, 3.63) is 42.0 Å². The second kappa shape index (κ2) is 4.96. The van der Waals surface area contributed by atoms with Crippen LogP contribution in [-0.2, 0) is 0 Å². The fourth-order valence-electron chi connectivity index (χ4n) is 2.36. The van der Waals surface area contributed by atoms with Crippen LogP contribution < -0.4 is 10.5 Å². The summed E-state index contributed by atoms with van der Waals surface area (Å²) in [5.74, 6) is 1.72. The van der Waals surface area contributed by atoms with Crippen LogP contribution >= 0.6 is 0 Å². The predicted octanol–water partition coefficient (Wildman–Crippen LogP) is 2.95. The van der Waals surface area contributed by atoms with Crippen molar-refractivity contribution in [2.24, 2.45) is 21.9 Å². The summed E-state index contributed by atoms with van der Waals surface area (Å²) in [6.07, 6.45) is 0.830. The predicted molar refractivity (Wildman–Crippen MR) is 82.4 cm³/mol. The van der Waals surface area contributed by atoms with Gasteiger partial charge in [-0.2, -0.15) is 5.10 Å². The molecule has 1 heterocycles. The lowest BCUT2D eigenvalue weighted by molar-refractivity contribution is 0.415. The Kier molecular flexibility index (Phi) is 3.14. The molecule has 0 bridgehead atoms. The number of amidine groups is 1. The number of hydrogen-bond donors (Lipinski definition) is 1. The second-order valence-electron chi connectivity index (χ2n) is 5.10. The van der Waals surface area contributed by atoms with Gasteiger partial charge < -0.3 is 10.5 Å². The van der Waals surface area contributed by atoms with Gasteiger partial charge in [0.05, 0.1) is 12.8 Å². The maximum Gasteiger partial charge on any atom is 0.125 e. The van der Waals surface area contributed by atoms with Gasteiger partial charge in [-0.25, -0.2) is 0 Å². The molecular formula is C16H17N3O. The van der Waals surface area contributed by atoms with Gasteiger partial charge in [0.2, 0.25) is 0 Å². The van der Waals surface area contributed by atoms with Crippen molar-refractivity contribution in [3.63, 3.8) is 0 Å². The van der Waals surface area contributed by atoms with Crippen LogP contribution in [-0.4, -0.2) is 18.7 Å². The molecule has 2 aromatic rings. The Morgan fingerprint density at radius 3 is 2.60 bits per heavy atom. The third-order valence-electron chi connectivity index (χ3n) is 3.67. The average Bonchev–Trinajstić information content (AvgIpc) is 2.49. The molecule has 1 unspecified atom stereocenters. The molecule has 20 heavy (non-hydrogen) atoms. The minimum atomic E-state index is 0.245. The van der Waals surface area contributed by atoms with Gasteiger partial charge in [0.25, 0.3) is 0 Å².